The topological polar surface area (TPSA) is 105 Å². The Balaban J connectivity index is 1.84. The van der Waals surface area contributed by atoms with E-state index in [1.54, 1.807) is 36.4 Å². The highest BCUT2D eigenvalue weighted by atomic mass is 16.6. The number of hydrogen-bond acceptors (Lipinski definition) is 8. The van der Waals surface area contributed by atoms with Crippen LogP contribution in [0, 0.1) is 0 Å². The van der Waals surface area contributed by atoms with Crippen molar-refractivity contribution in [2.45, 2.75) is 13.0 Å². The summed E-state index contributed by atoms with van der Waals surface area (Å²) in [6.45, 7) is 1.54. The lowest BCUT2D eigenvalue weighted by atomic mass is 10.0. The van der Waals surface area contributed by atoms with Crippen molar-refractivity contribution in [3.8, 4) is 22.6 Å². The van der Waals surface area contributed by atoms with Crippen LogP contribution in [0.4, 0.5) is 0 Å². The predicted octanol–water partition coefficient (Wildman–Crippen LogP) is 3.52. The molecule has 4 aromatic rings. The van der Waals surface area contributed by atoms with Gasteiger partial charge in [0, 0.05) is 34.5 Å². The summed E-state index contributed by atoms with van der Waals surface area (Å²) >= 11 is 0. The third-order valence-corrected chi connectivity index (χ3v) is 4.80. The molecule has 158 valence electrons. The number of hydrogen-bond donors (Lipinski definition) is 0. The summed E-state index contributed by atoms with van der Waals surface area (Å²) in [4.78, 5) is 36.5. The Morgan fingerprint density at radius 1 is 0.871 bits per heavy atom. The molecule has 0 aliphatic carbocycles. The molecule has 0 unspecified atom stereocenters. The summed E-state index contributed by atoms with van der Waals surface area (Å²) in [5, 5.41) is 1.18. The lowest BCUT2D eigenvalue weighted by Crippen LogP contribution is -2.24. The standard InChI is InChI=1S/C23H18O8/c1-12(22(25)28-3)29-15-6-7-16-17(11-21(24)30-20(16)10-15)18-8-13-4-5-14(27-2)9-19(13)31-23(18)26/h4-12H,1-3H3/t12-/m0/s1. The molecule has 0 aliphatic heterocycles. The average molecular weight is 422 g/mol. The van der Waals surface area contributed by atoms with Crippen LogP contribution in [-0.2, 0) is 9.53 Å². The van der Waals surface area contributed by atoms with E-state index in [0.29, 0.717) is 33.4 Å². The maximum absolute atomic E-state index is 12.7. The van der Waals surface area contributed by atoms with Crippen LogP contribution in [0.2, 0.25) is 0 Å². The zero-order valence-corrected chi connectivity index (χ0v) is 17.0. The SMILES string of the molecule is COC(=O)[C@H](C)Oc1ccc2c(-c3cc4ccc(OC)cc4oc3=O)cc(=O)oc2c1. The Labute approximate surface area is 175 Å². The number of esters is 1. The molecular weight excluding hydrogens is 404 g/mol. The van der Waals surface area contributed by atoms with E-state index < -0.39 is 23.3 Å². The quantitative estimate of drug-likeness (QED) is 0.355. The molecule has 2 heterocycles. The summed E-state index contributed by atoms with van der Waals surface area (Å²) in [5.41, 5.74) is -0.0983. The summed E-state index contributed by atoms with van der Waals surface area (Å²) in [7, 11) is 2.78. The zero-order valence-electron chi connectivity index (χ0n) is 17.0. The maximum Gasteiger partial charge on any atom is 0.346 e. The molecule has 31 heavy (non-hydrogen) atoms. The Kier molecular flexibility index (Phi) is 5.21. The van der Waals surface area contributed by atoms with Gasteiger partial charge in [0.25, 0.3) is 0 Å². The molecule has 0 N–H and O–H groups in total. The molecule has 0 amide bonds. The van der Waals surface area contributed by atoms with Crippen LogP contribution in [0.15, 0.2) is 67.0 Å². The monoisotopic (exact) mass is 422 g/mol. The van der Waals surface area contributed by atoms with Crippen molar-refractivity contribution in [3.05, 3.63) is 69.4 Å². The van der Waals surface area contributed by atoms with E-state index >= 15 is 0 Å². The molecule has 0 aliphatic rings. The molecule has 2 aromatic carbocycles. The number of rotatable bonds is 5. The number of benzene rings is 2. The second-order valence-corrected chi connectivity index (χ2v) is 6.77. The fourth-order valence-electron chi connectivity index (χ4n) is 3.26. The Hall–Kier alpha value is -4.07. The van der Waals surface area contributed by atoms with Crippen LogP contribution >= 0.6 is 0 Å². The molecule has 8 nitrogen and oxygen atoms in total. The van der Waals surface area contributed by atoms with Crippen LogP contribution in [0.3, 0.4) is 0 Å². The lowest BCUT2D eigenvalue weighted by Gasteiger charge is -2.13. The second kappa shape index (κ2) is 7.98. The van der Waals surface area contributed by atoms with Crippen LogP contribution in [-0.4, -0.2) is 26.3 Å². The minimum Gasteiger partial charge on any atom is -0.497 e. The van der Waals surface area contributed by atoms with E-state index in [0.717, 1.165) is 0 Å². The molecule has 0 saturated carbocycles. The molecule has 0 radical (unpaired) electrons. The van der Waals surface area contributed by atoms with Crippen LogP contribution < -0.4 is 20.7 Å². The number of carbonyl (C=O) groups is 1. The van der Waals surface area contributed by atoms with Crippen molar-refractivity contribution in [3.63, 3.8) is 0 Å². The van der Waals surface area contributed by atoms with Gasteiger partial charge in [-0.25, -0.2) is 14.4 Å². The van der Waals surface area contributed by atoms with Crippen molar-refractivity contribution in [1.82, 2.24) is 0 Å². The molecular formula is C23H18O8. The maximum atomic E-state index is 12.7. The van der Waals surface area contributed by atoms with Crippen LogP contribution in [0.1, 0.15) is 6.92 Å². The fraction of sp³-hybridized carbons (Fsp3) is 0.174. The highest BCUT2D eigenvalue weighted by molar-refractivity contribution is 5.95. The van der Waals surface area contributed by atoms with Gasteiger partial charge in [-0.1, -0.05) is 0 Å². The van der Waals surface area contributed by atoms with Gasteiger partial charge in [-0.3, -0.25) is 0 Å². The van der Waals surface area contributed by atoms with Gasteiger partial charge in [0.15, 0.2) is 6.10 Å². The van der Waals surface area contributed by atoms with Crippen molar-refractivity contribution in [1.29, 1.82) is 0 Å². The Morgan fingerprint density at radius 3 is 2.35 bits per heavy atom. The zero-order chi connectivity index (χ0) is 22.1. The Morgan fingerprint density at radius 2 is 1.61 bits per heavy atom. The molecule has 4 rings (SSSR count). The van der Waals surface area contributed by atoms with Gasteiger partial charge >= 0.3 is 17.2 Å². The average Bonchev–Trinajstić information content (AvgIpc) is 2.76. The highest BCUT2D eigenvalue weighted by Gasteiger charge is 2.17. The first kappa shape index (κ1) is 20.2. The van der Waals surface area contributed by atoms with Gasteiger partial charge < -0.3 is 23.0 Å². The molecule has 0 saturated heterocycles. The summed E-state index contributed by atoms with van der Waals surface area (Å²) in [5.74, 6) is 0.326. The van der Waals surface area contributed by atoms with Gasteiger partial charge in [-0.15, -0.1) is 0 Å². The number of fused-ring (bicyclic) bond motifs is 2. The third kappa shape index (κ3) is 3.87. The normalized spacial score (nSPS) is 12.0. The van der Waals surface area contributed by atoms with Crippen molar-refractivity contribution in [2.75, 3.05) is 14.2 Å². The highest BCUT2D eigenvalue weighted by Crippen LogP contribution is 2.30. The van der Waals surface area contributed by atoms with Gasteiger partial charge in [0.05, 0.1) is 19.8 Å². The second-order valence-electron chi connectivity index (χ2n) is 6.77. The minimum absolute atomic E-state index is 0.200. The summed E-state index contributed by atoms with van der Waals surface area (Å²) in [6.07, 6.45) is -0.845. The first-order valence-electron chi connectivity index (χ1n) is 9.34. The van der Waals surface area contributed by atoms with E-state index in [4.69, 9.17) is 18.3 Å². The van der Waals surface area contributed by atoms with Gasteiger partial charge in [-0.2, -0.15) is 0 Å². The van der Waals surface area contributed by atoms with E-state index in [9.17, 15) is 14.4 Å². The largest absolute Gasteiger partial charge is 0.497 e. The molecule has 0 spiro atoms. The van der Waals surface area contributed by atoms with E-state index in [2.05, 4.69) is 4.74 Å². The van der Waals surface area contributed by atoms with Crippen molar-refractivity contribution >= 4 is 27.9 Å². The molecule has 1 atom stereocenters. The molecule has 0 fully saturated rings. The molecule has 8 heteroatoms. The van der Waals surface area contributed by atoms with E-state index in [1.165, 1.54) is 33.3 Å². The number of methoxy groups -OCH3 is 2. The minimum atomic E-state index is -0.845. The fourth-order valence-corrected chi connectivity index (χ4v) is 3.26. The number of ether oxygens (including phenoxy) is 3. The molecule has 0 bridgehead atoms. The van der Waals surface area contributed by atoms with Crippen molar-refractivity contribution < 1.29 is 27.8 Å². The third-order valence-electron chi connectivity index (χ3n) is 4.80. The first-order valence-corrected chi connectivity index (χ1v) is 9.34. The van der Waals surface area contributed by atoms with Gasteiger partial charge in [0.2, 0.25) is 0 Å². The summed E-state index contributed by atoms with van der Waals surface area (Å²) < 4.78 is 26.1. The Bertz CT molecular complexity index is 1410. The van der Waals surface area contributed by atoms with E-state index in [1.807, 2.05) is 0 Å². The van der Waals surface area contributed by atoms with Gasteiger partial charge in [-0.05, 0) is 37.3 Å². The van der Waals surface area contributed by atoms with Crippen LogP contribution in [0.5, 0.6) is 11.5 Å². The summed E-state index contributed by atoms with van der Waals surface area (Å²) in [6, 6.07) is 12.7. The predicted molar refractivity (Wildman–Crippen MR) is 113 cm³/mol. The first-order chi connectivity index (χ1) is 14.9. The smallest absolute Gasteiger partial charge is 0.346 e. The number of carbonyl (C=O) groups excluding carboxylic acids is 1. The van der Waals surface area contributed by atoms with Crippen LogP contribution in [0.25, 0.3) is 33.1 Å². The van der Waals surface area contributed by atoms with Gasteiger partial charge in [0.1, 0.15) is 22.7 Å². The van der Waals surface area contributed by atoms with Crippen molar-refractivity contribution in [2.24, 2.45) is 0 Å². The lowest BCUT2D eigenvalue weighted by molar-refractivity contribution is -0.147. The van der Waals surface area contributed by atoms with E-state index in [-0.39, 0.29) is 11.1 Å². The molecule has 2 aromatic heterocycles.